The monoisotopic (exact) mass is 2280 g/mol. The van der Waals surface area contributed by atoms with Crippen molar-refractivity contribution in [1.29, 1.82) is 0 Å². The summed E-state index contributed by atoms with van der Waals surface area (Å²) in [5, 5.41) is 13.7. The molecule has 5 aromatic rings. The normalized spacial score (nSPS) is 16.1. The van der Waals surface area contributed by atoms with Crippen LogP contribution in [0.4, 0.5) is 24.0 Å². The van der Waals surface area contributed by atoms with Crippen molar-refractivity contribution in [3.05, 3.63) is 240 Å². The van der Waals surface area contributed by atoms with Gasteiger partial charge in [0.1, 0.15) is 102 Å². The molecule has 2 aliphatic rings. The number of para-hydroxylation sites is 4. The number of esters is 9. The minimum Gasteiger partial charge on any atom is -0.490 e. The molecule has 37 nitrogen and oxygen atoms in total. The van der Waals surface area contributed by atoms with Gasteiger partial charge >= 0.3 is 84.2 Å². The molecule has 0 aliphatic heterocycles. The number of nitrogens with one attached hydrogen (secondary N) is 5. The van der Waals surface area contributed by atoms with Gasteiger partial charge in [-0.15, -0.1) is 0 Å². The molecular formula is C109H146N5O32U-. The number of carbonyl (C=O) groups is 14. The van der Waals surface area contributed by atoms with Crippen molar-refractivity contribution in [2.45, 2.75) is 189 Å². The van der Waals surface area contributed by atoms with Gasteiger partial charge in [-0.3, -0.25) is 14.4 Å². The second kappa shape index (κ2) is 73.4. The third-order valence-corrected chi connectivity index (χ3v) is 21.6. The van der Waals surface area contributed by atoms with Gasteiger partial charge in [-0.25, -0.2) is 54.1 Å². The van der Waals surface area contributed by atoms with Crippen molar-refractivity contribution in [3.8, 4) is 23.0 Å². The number of rotatable bonds is 61. The third kappa shape index (κ3) is 60.8. The minimum absolute atomic E-state index is 0. The molecule has 0 bridgehead atoms. The quantitative estimate of drug-likeness (QED) is 0.00793. The SMILES string of the molecule is C=CC(=O)OCC(COc1ccccc1)OC(=O)CCCCCCCNC(=O)OC(COC(=O)C=C)COc1ccccc1.C=CC(=O)OCC(COc1ccccc1)OC(=O)NCc1cccc(CNC(=O)OC(COC(=O)C=C)COc2ccccc2)c1.C=CC(=O)OCCOC(=O)CC1CC(C)(C)CC(C)(CNC(=O)OCCCCOC(=O)CC2CC(C)(C)CC(C)(CNC(=O)OCCOC(=O)C=C)C2)C1.[3H][CH-]C.[U]. The van der Waals surface area contributed by atoms with E-state index in [0.717, 1.165) is 105 Å². The fraction of sp³-hybridized carbons (Fsp3) is 0.477. The Balaban J connectivity index is 0.000000563. The van der Waals surface area contributed by atoms with Crippen molar-refractivity contribution in [3.63, 3.8) is 0 Å². The van der Waals surface area contributed by atoms with Crippen molar-refractivity contribution in [1.82, 2.24) is 26.6 Å². The standard InChI is InChI=1S/C40H64N2O12.C34H36N2O10.C33H41NO10.C2H5.U/c1-9-31(43)50-15-16-52-34(46)20-30-22-38(5,6)25-39(7,24-30)27-41-35(47)53-14-12-11-13-49-33(45)19-29-21-37(3,4)26-40(8,23-29)28-42-36(48)54-18-17-51-32(44)10-2;1-3-31(37)43-23-29(21-41-27-14-7-5-8-15-27)45-33(39)35-19-25-12-11-13-26(18-25)20-36-34(40)46-30(24-44-32(38)4-2)22-42-28-16-9-6-10-17-28;1-3-30(35)41-24-28(22-39-26-16-10-8-11-17-26)43-32(37)20-14-6-5-7-15-21-34-33(38)44-29(25-42-31(36)4-2)23-40-27-18-12-9-13-19-27;1-2;/h9-10,29-30H,1-2,11-28H2,3-8H3,(H,41,47)(H,42,48);3-18,29-30H,1-2,19-24H2,(H,35,39)(H,36,40);3-4,8-13,16-19,28-29H,1-2,5-7,14-15,20-25H2,(H,34,38);1H2,2H3;/q;;;-1;/i;;;1T;. The van der Waals surface area contributed by atoms with Gasteiger partial charge in [-0.1, -0.05) is 197 Å². The third-order valence-electron chi connectivity index (χ3n) is 21.6. The van der Waals surface area contributed by atoms with Crippen molar-refractivity contribution >= 4 is 84.2 Å². The van der Waals surface area contributed by atoms with E-state index in [-0.39, 0.29) is 201 Å². The summed E-state index contributed by atoms with van der Waals surface area (Å²) in [4.78, 5) is 168. The summed E-state index contributed by atoms with van der Waals surface area (Å²) in [7, 11) is 0. The molecule has 0 spiro atoms. The first kappa shape index (κ1) is 126. The van der Waals surface area contributed by atoms with Gasteiger partial charge in [-0.2, -0.15) is 6.92 Å². The van der Waals surface area contributed by atoms with E-state index in [0.29, 0.717) is 68.3 Å². The predicted molar refractivity (Wildman–Crippen MR) is 540 cm³/mol. The van der Waals surface area contributed by atoms with Gasteiger partial charge in [0.2, 0.25) is 0 Å². The Labute approximate surface area is 887 Å². The summed E-state index contributed by atoms with van der Waals surface area (Å²) < 4.78 is 101. The summed E-state index contributed by atoms with van der Waals surface area (Å²) in [5.41, 5.74) is 0.900. The Kier molecular flexibility index (Phi) is 62.8. The number of amides is 5. The van der Waals surface area contributed by atoms with Crippen LogP contribution in [0.5, 0.6) is 23.0 Å². The van der Waals surface area contributed by atoms with E-state index < -0.39 is 96.7 Å². The van der Waals surface area contributed by atoms with Gasteiger partial charge < -0.3 is 119 Å². The number of hydrogen-bond donors (Lipinski definition) is 5. The molecule has 5 N–H and O–H groups in total. The molecule has 5 aromatic carbocycles. The zero-order valence-corrected chi connectivity index (χ0v) is 89.6. The Morgan fingerprint density at radius 1 is 0.340 bits per heavy atom. The van der Waals surface area contributed by atoms with Gasteiger partial charge in [0.25, 0.3) is 0 Å². The molecule has 7 rings (SSSR count). The summed E-state index contributed by atoms with van der Waals surface area (Å²) in [6, 6.07) is 43.0. The first-order valence-electron chi connectivity index (χ1n) is 48.9. The zero-order valence-electron chi connectivity index (χ0n) is 86.4. The smallest absolute Gasteiger partial charge is 0.407 e. The van der Waals surface area contributed by atoms with Crippen LogP contribution in [-0.4, -0.2) is 221 Å². The number of unbranched alkanes of at least 4 members (excludes halogenated alkanes) is 5. The molecule has 2 saturated carbocycles. The molecular weight excluding hydrogens is 2130 g/mol. The van der Waals surface area contributed by atoms with E-state index in [4.69, 9.17) is 86.6 Å². The first-order chi connectivity index (χ1) is 70.4. The zero-order chi connectivity index (χ0) is 108. The Bertz CT molecular complexity index is 4690. The van der Waals surface area contributed by atoms with Crippen LogP contribution in [0.1, 0.15) is 164 Å². The Morgan fingerprint density at radius 2 is 0.639 bits per heavy atom. The van der Waals surface area contributed by atoms with Crippen molar-refractivity contribution < 1.29 is 185 Å². The maximum atomic E-state index is 12.7. The van der Waals surface area contributed by atoms with E-state index >= 15 is 0 Å². The summed E-state index contributed by atoms with van der Waals surface area (Å²) in [6.07, 6.45) is 10.2. The molecule has 804 valence electrons. The van der Waals surface area contributed by atoms with Crippen LogP contribution in [0.25, 0.3) is 0 Å². The van der Waals surface area contributed by atoms with Crippen LogP contribution < -0.4 is 45.5 Å². The maximum absolute atomic E-state index is 12.7. The van der Waals surface area contributed by atoms with Crippen LogP contribution >= 0.6 is 0 Å². The van der Waals surface area contributed by atoms with Gasteiger partial charge in [0.15, 0.2) is 24.4 Å². The first-order valence-corrected chi connectivity index (χ1v) is 48.3. The van der Waals surface area contributed by atoms with E-state index in [2.05, 4.69) is 108 Å². The van der Waals surface area contributed by atoms with Gasteiger partial charge in [-0.05, 0) is 157 Å². The summed E-state index contributed by atoms with van der Waals surface area (Å²) >= 11 is 0. The molecule has 147 heavy (non-hydrogen) atoms. The van der Waals surface area contributed by atoms with Crippen LogP contribution in [-0.2, 0) is 123 Å². The molecule has 0 heterocycles. The van der Waals surface area contributed by atoms with Crippen LogP contribution in [0, 0.1) is 71.5 Å². The fourth-order valence-corrected chi connectivity index (χ4v) is 16.1. The topological polar surface area (TPSA) is 465 Å². The van der Waals surface area contributed by atoms with E-state index in [1.165, 1.54) is 6.90 Å². The maximum Gasteiger partial charge on any atom is 0.407 e. The van der Waals surface area contributed by atoms with Crippen molar-refractivity contribution in [2.24, 2.45) is 33.5 Å². The van der Waals surface area contributed by atoms with Crippen molar-refractivity contribution in [2.75, 3.05) is 112 Å². The Morgan fingerprint density at radius 3 is 1.00 bits per heavy atom. The second-order valence-corrected chi connectivity index (χ2v) is 36.1. The molecule has 0 saturated heterocycles. The molecule has 0 aromatic heterocycles. The average molecular weight is 2280 g/mol. The number of ether oxygens (including phenoxy) is 18. The number of benzene rings is 5. The molecule has 8 unspecified atom stereocenters. The van der Waals surface area contributed by atoms with E-state index in [9.17, 15) is 67.1 Å². The van der Waals surface area contributed by atoms with Crippen LogP contribution in [0.15, 0.2) is 222 Å². The molecule has 8 atom stereocenters. The number of alkyl carbamates (subject to hydrolysis) is 5. The van der Waals surface area contributed by atoms with E-state index in [1.807, 2.05) is 48.5 Å². The Hall–Kier alpha value is -13.6. The average Bonchev–Trinajstić information content (AvgIpc) is 0.799. The molecule has 0 radical (unpaired) electrons. The molecule has 2 aliphatic carbocycles. The summed E-state index contributed by atoms with van der Waals surface area (Å²) in [6.45, 7) is 36.7. The fourth-order valence-electron chi connectivity index (χ4n) is 16.1. The van der Waals surface area contributed by atoms with Gasteiger partial charge in [0, 0.05) is 120 Å². The van der Waals surface area contributed by atoms with Crippen LogP contribution in [0.3, 0.4) is 0 Å². The molecule has 2 fully saturated rings. The number of hydrogen-bond acceptors (Lipinski definition) is 32. The summed E-state index contributed by atoms with van der Waals surface area (Å²) in [5.74, 6) is -2.23. The second-order valence-electron chi connectivity index (χ2n) is 36.1. The largest absolute Gasteiger partial charge is 0.490 e. The predicted octanol–water partition coefficient (Wildman–Crippen LogP) is 16.5. The molecule has 38 heteroatoms. The molecule has 5 amide bonds. The van der Waals surface area contributed by atoms with E-state index in [1.54, 1.807) is 104 Å². The van der Waals surface area contributed by atoms with Crippen LogP contribution in [0.2, 0.25) is 0 Å². The number of carbonyl (C=O) groups excluding carboxylic acids is 14. The van der Waals surface area contributed by atoms with Gasteiger partial charge in [0.05, 0.1) is 13.2 Å². The minimum atomic E-state index is -0.882.